The second-order valence-corrected chi connectivity index (χ2v) is 5.88. The van der Waals surface area contributed by atoms with Gasteiger partial charge >= 0.3 is 6.03 Å². The van der Waals surface area contributed by atoms with Gasteiger partial charge in [-0.1, -0.05) is 6.92 Å². The number of likely N-dealkylation sites (tertiary alicyclic amines) is 1. The second-order valence-electron chi connectivity index (χ2n) is 5.88. The number of carbonyl (C=O) groups is 1. The highest BCUT2D eigenvalue weighted by atomic mass is 16.2. The van der Waals surface area contributed by atoms with Crippen LogP contribution < -0.4 is 5.32 Å². The maximum absolute atomic E-state index is 11.8. The van der Waals surface area contributed by atoms with E-state index in [1.54, 1.807) is 4.90 Å². The lowest BCUT2D eigenvalue weighted by Gasteiger charge is -2.40. The molecule has 2 aliphatic rings. The molecule has 0 unspecified atom stereocenters. The fourth-order valence-electron chi connectivity index (χ4n) is 2.89. The van der Waals surface area contributed by atoms with Gasteiger partial charge in [0, 0.05) is 39.3 Å². The first-order valence-electron chi connectivity index (χ1n) is 6.78. The number of rotatable bonds is 2. The van der Waals surface area contributed by atoms with E-state index in [0.29, 0.717) is 6.04 Å². The summed E-state index contributed by atoms with van der Waals surface area (Å²) in [6.07, 6.45) is 4.86. The molecule has 0 radical (unpaired) electrons. The molecule has 2 fully saturated rings. The van der Waals surface area contributed by atoms with Crippen LogP contribution in [0.3, 0.4) is 0 Å². The van der Waals surface area contributed by atoms with E-state index in [1.807, 2.05) is 19.0 Å². The summed E-state index contributed by atoms with van der Waals surface area (Å²) in [5, 5.41) is 3.72. The van der Waals surface area contributed by atoms with E-state index >= 15 is 0 Å². The molecule has 1 saturated heterocycles. The summed E-state index contributed by atoms with van der Waals surface area (Å²) in [5.41, 5.74) is 0. The van der Waals surface area contributed by atoms with Crippen molar-refractivity contribution in [1.82, 2.24) is 15.1 Å². The monoisotopic (exact) mass is 239 g/mol. The van der Waals surface area contributed by atoms with Crippen LogP contribution in [0.2, 0.25) is 0 Å². The van der Waals surface area contributed by atoms with Crippen LogP contribution >= 0.6 is 0 Å². The Bertz CT molecular complexity index is 266. The SMILES string of the molecule is CC1CC(NC2CCN(C(=O)N(C)C)CC2)C1. The number of hydrogen-bond donors (Lipinski definition) is 1. The fourth-order valence-corrected chi connectivity index (χ4v) is 2.89. The molecule has 2 rings (SSSR count). The zero-order valence-corrected chi connectivity index (χ0v) is 11.3. The zero-order chi connectivity index (χ0) is 12.4. The molecule has 0 atom stereocenters. The average Bonchev–Trinajstić information content (AvgIpc) is 2.27. The summed E-state index contributed by atoms with van der Waals surface area (Å²) in [7, 11) is 3.64. The minimum atomic E-state index is 0.153. The van der Waals surface area contributed by atoms with Gasteiger partial charge < -0.3 is 15.1 Å². The van der Waals surface area contributed by atoms with Crippen molar-refractivity contribution in [3.05, 3.63) is 0 Å². The largest absolute Gasteiger partial charge is 0.331 e. The Morgan fingerprint density at radius 1 is 1.18 bits per heavy atom. The zero-order valence-electron chi connectivity index (χ0n) is 11.3. The third kappa shape index (κ3) is 3.12. The lowest BCUT2D eigenvalue weighted by molar-refractivity contribution is 0.141. The quantitative estimate of drug-likeness (QED) is 0.793. The van der Waals surface area contributed by atoms with Crippen LogP contribution in [0, 0.1) is 5.92 Å². The Balaban J connectivity index is 1.69. The third-order valence-electron chi connectivity index (χ3n) is 3.99. The Labute approximate surface area is 104 Å². The van der Waals surface area contributed by atoms with Crippen LogP contribution in [-0.4, -0.2) is 55.1 Å². The summed E-state index contributed by atoms with van der Waals surface area (Å²) in [5.74, 6) is 0.905. The first-order valence-corrected chi connectivity index (χ1v) is 6.78. The summed E-state index contributed by atoms with van der Waals surface area (Å²) in [6, 6.07) is 1.52. The third-order valence-corrected chi connectivity index (χ3v) is 3.99. The molecular formula is C13H25N3O. The molecular weight excluding hydrogens is 214 g/mol. The second kappa shape index (κ2) is 5.25. The molecule has 1 aliphatic carbocycles. The molecule has 1 aliphatic heterocycles. The van der Waals surface area contributed by atoms with Gasteiger partial charge in [0.1, 0.15) is 0 Å². The van der Waals surface area contributed by atoms with Crippen molar-refractivity contribution in [1.29, 1.82) is 0 Å². The predicted molar refractivity (Wildman–Crippen MR) is 69.0 cm³/mol. The Kier molecular flexibility index (Phi) is 3.92. The molecule has 1 saturated carbocycles. The molecule has 0 aromatic heterocycles. The fraction of sp³-hybridized carbons (Fsp3) is 0.923. The number of carbonyl (C=O) groups excluding carboxylic acids is 1. The Hall–Kier alpha value is -0.770. The van der Waals surface area contributed by atoms with E-state index in [-0.39, 0.29) is 6.03 Å². The number of piperidine rings is 1. The average molecular weight is 239 g/mol. The lowest BCUT2D eigenvalue weighted by Crippen LogP contribution is -2.52. The molecule has 0 spiro atoms. The molecule has 4 heteroatoms. The molecule has 4 nitrogen and oxygen atoms in total. The highest BCUT2D eigenvalue weighted by Gasteiger charge is 2.29. The minimum Gasteiger partial charge on any atom is -0.331 e. The van der Waals surface area contributed by atoms with Gasteiger partial charge in [-0.15, -0.1) is 0 Å². The smallest absolute Gasteiger partial charge is 0.319 e. The van der Waals surface area contributed by atoms with E-state index in [9.17, 15) is 4.79 Å². The van der Waals surface area contributed by atoms with Crippen LogP contribution in [0.1, 0.15) is 32.6 Å². The summed E-state index contributed by atoms with van der Waals surface area (Å²) >= 11 is 0. The summed E-state index contributed by atoms with van der Waals surface area (Å²) in [4.78, 5) is 15.4. The van der Waals surface area contributed by atoms with Gasteiger partial charge in [0.15, 0.2) is 0 Å². The number of urea groups is 1. The van der Waals surface area contributed by atoms with Gasteiger partial charge in [0.05, 0.1) is 0 Å². The van der Waals surface area contributed by atoms with Gasteiger partial charge in [0.2, 0.25) is 0 Å². The van der Waals surface area contributed by atoms with Crippen molar-refractivity contribution in [3.63, 3.8) is 0 Å². The van der Waals surface area contributed by atoms with Crippen molar-refractivity contribution in [2.24, 2.45) is 5.92 Å². The van der Waals surface area contributed by atoms with Gasteiger partial charge in [-0.05, 0) is 31.6 Å². The molecule has 1 heterocycles. The maximum Gasteiger partial charge on any atom is 0.319 e. The topological polar surface area (TPSA) is 35.6 Å². The number of amides is 2. The predicted octanol–water partition coefficient (Wildman–Crippen LogP) is 1.52. The number of nitrogens with zero attached hydrogens (tertiary/aromatic N) is 2. The standard InChI is InChI=1S/C13H25N3O/c1-10-8-12(9-10)14-11-4-6-16(7-5-11)13(17)15(2)3/h10-12,14H,4-9H2,1-3H3. The first-order chi connectivity index (χ1) is 8.06. The summed E-state index contributed by atoms with van der Waals surface area (Å²) < 4.78 is 0. The van der Waals surface area contributed by atoms with Crippen molar-refractivity contribution in [2.45, 2.75) is 44.7 Å². The van der Waals surface area contributed by atoms with Gasteiger partial charge in [-0.25, -0.2) is 4.79 Å². The van der Waals surface area contributed by atoms with E-state index in [0.717, 1.165) is 37.9 Å². The molecule has 1 N–H and O–H groups in total. The van der Waals surface area contributed by atoms with Crippen molar-refractivity contribution in [2.75, 3.05) is 27.2 Å². The highest BCUT2D eigenvalue weighted by molar-refractivity contribution is 5.73. The van der Waals surface area contributed by atoms with Crippen LogP contribution in [0.25, 0.3) is 0 Å². The normalized spacial score (nSPS) is 29.9. The molecule has 17 heavy (non-hydrogen) atoms. The van der Waals surface area contributed by atoms with Crippen LogP contribution in [-0.2, 0) is 0 Å². The van der Waals surface area contributed by atoms with Crippen molar-refractivity contribution in [3.8, 4) is 0 Å². The molecule has 2 amide bonds. The lowest BCUT2D eigenvalue weighted by atomic mass is 9.81. The van der Waals surface area contributed by atoms with Crippen molar-refractivity contribution >= 4 is 6.03 Å². The van der Waals surface area contributed by atoms with E-state index < -0.39 is 0 Å². The van der Waals surface area contributed by atoms with E-state index in [2.05, 4.69) is 12.2 Å². The van der Waals surface area contributed by atoms with E-state index in [1.165, 1.54) is 12.8 Å². The van der Waals surface area contributed by atoms with Gasteiger partial charge in [0.25, 0.3) is 0 Å². The Morgan fingerprint density at radius 3 is 2.24 bits per heavy atom. The first kappa shape index (κ1) is 12.7. The van der Waals surface area contributed by atoms with E-state index in [4.69, 9.17) is 0 Å². The molecule has 0 aromatic carbocycles. The number of hydrogen-bond acceptors (Lipinski definition) is 2. The van der Waals surface area contributed by atoms with Crippen LogP contribution in [0.4, 0.5) is 4.79 Å². The van der Waals surface area contributed by atoms with Crippen LogP contribution in [0.15, 0.2) is 0 Å². The Morgan fingerprint density at radius 2 is 1.76 bits per heavy atom. The molecule has 98 valence electrons. The van der Waals surface area contributed by atoms with Crippen LogP contribution in [0.5, 0.6) is 0 Å². The minimum absolute atomic E-state index is 0.153. The van der Waals surface area contributed by atoms with Gasteiger partial charge in [-0.3, -0.25) is 0 Å². The van der Waals surface area contributed by atoms with Gasteiger partial charge in [-0.2, -0.15) is 0 Å². The highest BCUT2D eigenvalue weighted by Crippen LogP contribution is 2.27. The molecule has 0 bridgehead atoms. The number of nitrogens with one attached hydrogen (secondary N) is 1. The summed E-state index contributed by atoms with van der Waals surface area (Å²) in [6.45, 7) is 4.12. The van der Waals surface area contributed by atoms with Crippen molar-refractivity contribution < 1.29 is 4.79 Å². The molecule has 0 aromatic rings. The maximum atomic E-state index is 11.8.